The summed E-state index contributed by atoms with van der Waals surface area (Å²) < 4.78 is 0. The van der Waals surface area contributed by atoms with E-state index >= 15 is 0 Å². The van der Waals surface area contributed by atoms with Crippen LogP contribution in [0.25, 0.3) is 0 Å². The molecule has 0 heterocycles. The Kier molecular flexibility index (Phi) is 5.42. The molecule has 0 aliphatic heterocycles. The maximum Gasteiger partial charge on any atom is 0.255 e. The molecule has 0 atom stereocenters. The molecular formula is C22H18N2O3. The summed E-state index contributed by atoms with van der Waals surface area (Å²) in [4.78, 5) is 36.1. The zero-order valence-corrected chi connectivity index (χ0v) is 14.7. The third-order valence-electron chi connectivity index (χ3n) is 3.97. The van der Waals surface area contributed by atoms with Crippen molar-refractivity contribution >= 4 is 29.0 Å². The van der Waals surface area contributed by atoms with Crippen molar-refractivity contribution in [3.8, 4) is 0 Å². The first-order valence-corrected chi connectivity index (χ1v) is 8.42. The fraction of sp³-hybridized carbons (Fsp3) is 0.0455. The molecule has 2 amide bonds. The van der Waals surface area contributed by atoms with Crippen molar-refractivity contribution in [1.82, 2.24) is 0 Å². The van der Waals surface area contributed by atoms with E-state index in [2.05, 4.69) is 10.6 Å². The maximum atomic E-state index is 12.5. The predicted octanol–water partition coefficient (Wildman–Crippen LogP) is 4.39. The molecule has 0 saturated carbocycles. The van der Waals surface area contributed by atoms with Crippen LogP contribution < -0.4 is 10.6 Å². The van der Waals surface area contributed by atoms with Crippen LogP contribution in [0.15, 0.2) is 78.9 Å². The molecule has 2 N–H and O–H groups in total. The van der Waals surface area contributed by atoms with E-state index in [0.717, 1.165) is 0 Å². The van der Waals surface area contributed by atoms with Gasteiger partial charge in [-0.3, -0.25) is 14.4 Å². The molecule has 5 nitrogen and oxygen atoms in total. The van der Waals surface area contributed by atoms with Crippen molar-refractivity contribution in [2.75, 3.05) is 10.6 Å². The number of nitrogens with one attached hydrogen (secondary N) is 2. The third kappa shape index (κ3) is 4.67. The number of para-hydroxylation sites is 1. The van der Waals surface area contributed by atoms with E-state index in [-0.39, 0.29) is 17.6 Å². The molecule has 3 aromatic rings. The Morgan fingerprint density at radius 2 is 1.11 bits per heavy atom. The lowest BCUT2D eigenvalue weighted by molar-refractivity contribution is 0.101. The van der Waals surface area contributed by atoms with E-state index in [9.17, 15) is 14.4 Å². The topological polar surface area (TPSA) is 75.3 Å². The van der Waals surface area contributed by atoms with Crippen LogP contribution in [0.4, 0.5) is 11.4 Å². The fourth-order valence-corrected chi connectivity index (χ4v) is 2.52. The minimum absolute atomic E-state index is 0.0370. The Labute approximate surface area is 157 Å². The molecular weight excluding hydrogens is 340 g/mol. The van der Waals surface area contributed by atoms with Crippen molar-refractivity contribution in [1.29, 1.82) is 0 Å². The molecule has 0 spiro atoms. The summed E-state index contributed by atoms with van der Waals surface area (Å²) in [7, 11) is 0. The van der Waals surface area contributed by atoms with Gasteiger partial charge >= 0.3 is 0 Å². The standard InChI is InChI=1S/C22H18N2O3/c1-15(25)16-10-12-20(13-11-16)24-22(27)18-7-5-6-17(14-18)21(26)23-19-8-3-2-4-9-19/h2-14H,1H3,(H,23,26)(H,24,27). The van der Waals surface area contributed by atoms with E-state index in [1.165, 1.54) is 13.0 Å². The predicted molar refractivity (Wildman–Crippen MR) is 105 cm³/mol. The molecule has 0 saturated heterocycles. The molecule has 0 fully saturated rings. The summed E-state index contributed by atoms with van der Waals surface area (Å²) in [5, 5.41) is 5.55. The summed E-state index contributed by atoms with van der Waals surface area (Å²) in [5.41, 5.74) is 2.59. The van der Waals surface area contributed by atoms with Crippen LogP contribution in [0, 0.1) is 0 Å². The Morgan fingerprint density at radius 3 is 1.63 bits per heavy atom. The van der Waals surface area contributed by atoms with E-state index in [1.54, 1.807) is 54.6 Å². The number of hydrogen-bond acceptors (Lipinski definition) is 3. The number of Topliss-reactive ketones (excluding diaryl/α,β-unsaturated/α-hetero) is 1. The number of amides is 2. The largest absolute Gasteiger partial charge is 0.322 e. The molecule has 0 unspecified atom stereocenters. The highest BCUT2D eigenvalue weighted by molar-refractivity contribution is 6.08. The van der Waals surface area contributed by atoms with Crippen molar-refractivity contribution in [2.45, 2.75) is 6.92 Å². The van der Waals surface area contributed by atoms with Crippen LogP contribution in [0.3, 0.4) is 0 Å². The van der Waals surface area contributed by atoms with Crippen LogP contribution in [0.1, 0.15) is 38.0 Å². The van der Waals surface area contributed by atoms with E-state index < -0.39 is 0 Å². The van der Waals surface area contributed by atoms with Gasteiger partial charge in [0.1, 0.15) is 0 Å². The average molecular weight is 358 g/mol. The number of ketones is 1. The molecule has 5 heteroatoms. The molecule has 3 rings (SSSR count). The molecule has 0 radical (unpaired) electrons. The van der Waals surface area contributed by atoms with Gasteiger partial charge in [0.15, 0.2) is 5.78 Å². The summed E-state index contributed by atoms with van der Waals surface area (Å²) in [6.45, 7) is 1.49. The van der Waals surface area contributed by atoms with Gasteiger partial charge in [-0.15, -0.1) is 0 Å². The quantitative estimate of drug-likeness (QED) is 0.664. The summed E-state index contributed by atoms with van der Waals surface area (Å²) in [6.07, 6.45) is 0. The number of hydrogen-bond donors (Lipinski definition) is 2. The number of anilines is 2. The van der Waals surface area contributed by atoms with Crippen molar-refractivity contribution < 1.29 is 14.4 Å². The molecule has 27 heavy (non-hydrogen) atoms. The van der Waals surface area contributed by atoms with Crippen molar-refractivity contribution in [3.63, 3.8) is 0 Å². The first kappa shape index (κ1) is 18.1. The summed E-state index contributed by atoms with van der Waals surface area (Å²) >= 11 is 0. The summed E-state index contributed by atoms with van der Waals surface area (Å²) in [6, 6.07) is 22.2. The van der Waals surface area contributed by atoms with Gasteiger partial charge in [0.05, 0.1) is 0 Å². The van der Waals surface area contributed by atoms with Crippen molar-refractivity contribution in [2.24, 2.45) is 0 Å². The number of rotatable bonds is 5. The molecule has 134 valence electrons. The third-order valence-corrected chi connectivity index (χ3v) is 3.97. The number of carbonyl (C=O) groups is 3. The van der Waals surface area contributed by atoms with Gasteiger partial charge in [-0.05, 0) is 61.5 Å². The van der Waals surface area contributed by atoms with Gasteiger partial charge in [0, 0.05) is 28.1 Å². The molecule has 0 bridgehead atoms. The molecule has 0 aliphatic carbocycles. The second-order valence-corrected chi connectivity index (χ2v) is 5.99. The van der Waals surface area contributed by atoms with E-state index in [4.69, 9.17) is 0 Å². The molecule has 0 aromatic heterocycles. The lowest BCUT2D eigenvalue weighted by atomic mass is 10.1. The minimum Gasteiger partial charge on any atom is -0.322 e. The lowest BCUT2D eigenvalue weighted by Crippen LogP contribution is -2.15. The van der Waals surface area contributed by atoms with Gasteiger partial charge in [-0.2, -0.15) is 0 Å². The van der Waals surface area contributed by atoms with Crippen LogP contribution >= 0.6 is 0 Å². The highest BCUT2D eigenvalue weighted by atomic mass is 16.2. The fourth-order valence-electron chi connectivity index (χ4n) is 2.52. The molecule has 3 aromatic carbocycles. The second kappa shape index (κ2) is 8.10. The van der Waals surface area contributed by atoms with Crippen LogP contribution in [0.2, 0.25) is 0 Å². The Bertz CT molecular complexity index is 980. The van der Waals surface area contributed by atoms with Gasteiger partial charge < -0.3 is 10.6 Å². The Morgan fingerprint density at radius 1 is 0.593 bits per heavy atom. The minimum atomic E-state index is -0.333. The lowest BCUT2D eigenvalue weighted by Gasteiger charge is -2.08. The van der Waals surface area contributed by atoms with E-state index in [1.807, 2.05) is 18.2 Å². The van der Waals surface area contributed by atoms with Gasteiger partial charge in [0.2, 0.25) is 0 Å². The average Bonchev–Trinajstić information content (AvgIpc) is 2.69. The van der Waals surface area contributed by atoms with Gasteiger partial charge in [-0.1, -0.05) is 24.3 Å². The monoisotopic (exact) mass is 358 g/mol. The maximum absolute atomic E-state index is 12.5. The molecule has 0 aliphatic rings. The first-order chi connectivity index (χ1) is 13.0. The first-order valence-electron chi connectivity index (χ1n) is 8.42. The zero-order chi connectivity index (χ0) is 19.2. The van der Waals surface area contributed by atoms with Crippen LogP contribution in [-0.2, 0) is 0 Å². The highest BCUT2D eigenvalue weighted by Crippen LogP contribution is 2.14. The van der Waals surface area contributed by atoms with E-state index in [0.29, 0.717) is 28.1 Å². The summed E-state index contributed by atoms with van der Waals surface area (Å²) in [5.74, 6) is -0.661. The van der Waals surface area contributed by atoms with Gasteiger partial charge in [0.25, 0.3) is 11.8 Å². The highest BCUT2D eigenvalue weighted by Gasteiger charge is 2.11. The van der Waals surface area contributed by atoms with Crippen LogP contribution in [0.5, 0.6) is 0 Å². The van der Waals surface area contributed by atoms with Gasteiger partial charge in [-0.25, -0.2) is 0 Å². The Hall–Kier alpha value is -3.73. The zero-order valence-electron chi connectivity index (χ0n) is 14.7. The second-order valence-electron chi connectivity index (χ2n) is 5.99. The number of benzene rings is 3. The SMILES string of the molecule is CC(=O)c1ccc(NC(=O)c2cccc(C(=O)Nc3ccccc3)c2)cc1. The Balaban J connectivity index is 1.71. The van der Waals surface area contributed by atoms with Crippen molar-refractivity contribution in [3.05, 3.63) is 95.6 Å². The van der Waals surface area contributed by atoms with Crippen LogP contribution in [-0.4, -0.2) is 17.6 Å². The normalized spacial score (nSPS) is 10.1. The smallest absolute Gasteiger partial charge is 0.255 e. The number of carbonyl (C=O) groups excluding carboxylic acids is 3.